The largest absolute Gasteiger partial charge is 0.351 e. The minimum atomic E-state index is -0.323. The summed E-state index contributed by atoms with van der Waals surface area (Å²) in [6, 6.07) is 13.5. The van der Waals surface area contributed by atoms with Crippen molar-refractivity contribution in [2.45, 2.75) is 11.4 Å². The van der Waals surface area contributed by atoms with Gasteiger partial charge in [0.1, 0.15) is 5.82 Å². The number of thioether (sulfide) groups is 1. The highest BCUT2D eigenvalue weighted by Crippen LogP contribution is 2.20. The van der Waals surface area contributed by atoms with E-state index in [0.29, 0.717) is 17.0 Å². The minimum absolute atomic E-state index is 0.0631. The number of amides is 2. The first-order valence-electron chi connectivity index (χ1n) is 7.42. The molecule has 0 unspecified atom stereocenters. The van der Waals surface area contributed by atoms with Crippen molar-refractivity contribution in [3.05, 3.63) is 65.5 Å². The van der Waals surface area contributed by atoms with Gasteiger partial charge < -0.3 is 10.2 Å². The molecular weight excluding hydrogens is 327 g/mol. The summed E-state index contributed by atoms with van der Waals surface area (Å²) in [6.45, 7) is 0.368. The normalized spacial score (nSPS) is 10.3. The third-order valence-electron chi connectivity index (χ3n) is 3.29. The number of nitrogens with zero attached hydrogens (tertiary/aromatic N) is 1. The number of hydrogen-bond donors (Lipinski definition) is 1. The molecule has 0 atom stereocenters. The number of nitrogens with one attached hydrogen (secondary N) is 1. The van der Waals surface area contributed by atoms with Crippen LogP contribution in [0.15, 0.2) is 53.4 Å². The molecule has 0 saturated carbocycles. The highest BCUT2D eigenvalue weighted by atomic mass is 32.2. The maximum absolute atomic E-state index is 13.5. The zero-order chi connectivity index (χ0) is 17.5. The molecule has 0 spiro atoms. The van der Waals surface area contributed by atoms with E-state index >= 15 is 0 Å². The molecule has 2 aromatic carbocycles. The van der Waals surface area contributed by atoms with Crippen LogP contribution in [-0.2, 0) is 11.3 Å². The molecule has 0 bridgehead atoms. The molecule has 0 aliphatic carbocycles. The Bertz CT molecular complexity index is 717. The van der Waals surface area contributed by atoms with Crippen molar-refractivity contribution >= 4 is 23.6 Å². The van der Waals surface area contributed by atoms with Crippen LogP contribution in [0.4, 0.5) is 4.39 Å². The second-order valence-electron chi connectivity index (χ2n) is 5.39. The average Bonchev–Trinajstić information content (AvgIpc) is 2.59. The monoisotopic (exact) mass is 346 g/mol. The van der Waals surface area contributed by atoms with Crippen LogP contribution in [0.1, 0.15) is 15.9 Å². The van der Waals surface area contributed by atoms with E-state index in [9.17, 15) is 14.0 Å². The van der Waals surface area contributed by atoms with Gasteiger partial charge >= 0.3 is 0 Å². The van der Waals surface area contributed by atoms with Crippen LogP contribution in [0.2, 0.25) is 0 Å². The second-order valence-corrected chi connectivity index (χ2v) is 6.41. The van der Waals surface area contributed by atoms with Gasteiger partial charge in [0.05, 0.1) is 5.75 Å². The summed E-state index contributed by atoms with van der Waals surface area (Å²) in [4.78, 5) is 25.6. The molecule has 24 heavy (non-hydrogen) atoms. The number of rotatable bonds is 6. The fourth-order valence-corrected chi connectivity index (χ4v) is 2.75. The Balaban J connectivity index is 1.81. The molecule has 6 heteroatoms. The molecule has 0 aliphatic rings. The molecule has 2 amide bonds. The number of carbonyl (C=O) groups excluding carboxylic acids is 2. The predicted molar refractivity (Wildman–Crippen MR) is 93.4 cm³/mol. The quantitative estimate of drug-likeness (QED) is 0.818. The lowest BCUT2D eigenvalue weighted by molar-refractivity contribution is -0.118. The summed E-state index contributed by atoms with van der Waals surface area (Å²) < 4.78 is 13.5. The van der Waals surface area contributed by atoms with Crippen LogP contribution in [-0.4, -0.2) is 36.6 Å². The summed E-state index contributed by atoms with van der Waals surface area (Å²) in [6.07, 6.45) is 0. The van der Waals surface area contributed by atoms with E-state index in [1.165, 1.54) is 11.0 Å². The second kappa shape index (κ2) is 8.49. The zero-order valence-corrected chi connectivity index (χ0v) is 14.4. The zero-order valence-electron chi connectivity index (χ0n) is 13.6. The molecule has 1 N–H and O–H groups in total. The highest BCUT2D eigenvalue weighted by Gasteiger charge is 2.08. The van der Waals surface area contributed by atoms with Crippen LogP contribution in [0, 0.1) is 5.82 Å². The van der Waals surface area contributed by atoms with Crippen molar-refractivity contribution in [3.8, 4) is 0 Å². The molecule has 126 valence electrons. The van der Waals surface area contributed by atoms with Gasteiger partial charge in [0.25, 0.3) is 5.91 Å². The molecule has 0 heterocycles. The Morgan fingerprint density at radius 2 is 1.75 bits per heavy atom. The van der Waals surface area contributed by atoms with Crippen molar-refractivity contribution in [2.24, 2.45) is 0 Å². The van der Waals surface area contributed by atoms with E-state index in [1.54, 1.807) is 56.6 Å². The fraction of sp³-hybridized carbons (Fsp3) is 0.222. The van der Waals surface area contributed by atoms with Gasteiger partial charge in [-0.3, -0.25) is 9.59 Å². The molecule has 4 nitrogen and oxygen atoms in total. The van der Waals surface area contributed by atoms with Gasteiger partial charge in [-0.05, 0) is 29.8 Å². The average molecular weight is 346 g/mol. The number of halogens is 1. The van der Waals surface area contributed by atoms with Gasteiger partial charge in [-0.15, -0.1) is 11.8 Å². The van der Waals surface area contributed by atoms with Crippen LogP contribution < -0.4 is 5.32 Å². The smallest absolute Gasteiger partial charge is 0.253 e. The first kappa shape index (κ1) is 18.0. The number of benzene rings is 2. The summed E-state index contributed by atoms with van der Waals surface area (Å²) in [5, 5.41) is 2.78. The van der Waals surface area contributed by atoms with E-state index in [2.05, 4.69) is 5.32 Å². The lowest BCUT2D eigenvalue weighted by Crippen LogP contribution is -2.25. The summed E-state index contributed by atoms with van der Waals surface area (Å²) >= 11 is 1.16. The Labute approximate surface area is 145 Å². The molecule has 0 aliphatic heterocycles. The van der Waals surface area contributed by atoms with Crippen LogP contribution in [0.25, 0.3) is 0 Å². The number of carbonyl (C=O) groups is 2. The van der Waals surface area contributed by atoms with E-state index < -0.39 is 0 Å². The molecule has 2 rings (SSSR count). The Hall–Kier alpha value is -2.34. The third kappa shape index (κ3) is 5.09. The Morgan fingerprint density at radius 3 is 2.38 bits per heavy atom. The number of hydrogen-bond acceptors (Lipinski definition) is 3. The van der Waals surface area contributed by atoms with Gasteiger partial charge in [0.2, 0.25) is 5.91 Å². The van der Waals surface area contributed by atoms with Gasteiger partial charge in [-0.25, -0.2) is 4.39 Å². The fourth-order valence-electron chi connectivity index (χ4n) is 1.98. The third-order valence-corrected chi connectivity index (χ3v) is 4.34. The molecule has 0 radical (unpaired) electrons. The van der Waals surface area contributed by atoms with E-state index in [0.717, 1.165) is 17.3 Å². The van der Waals surface area contributed by atoms with Crippen LogP contribution >= 0.6 is 11.8 Å². The lowest BCUT2D eigenvalue weighted by Gasteiger charge is -2.11. The minimum Gasteiger partial charge on any atom is -0.351 e. The van der Waals surface area contributed by atoms with Crippen LogP contribution in [0.5, 0.6) is 0 Å². The summed E-state index contributed by atoms with van der Waals surface area (Å²) in [5.41, 5.74) is 1.50. The highest BCUT2D eigenvalue weighted by molar-refractivity contribution is 8.00. The molecule has 0 fully saturated rings. The summed E-state index contributed by atoms with van der Waals surface area (Å²) in [7, 11) is 3.40. The van der Waals surface area contributed by atoms with Gasteiger partial charge in [0, 0.05) is 31.1 Å². The molecular formula is C18H19FN2O2S. The Morgan fingerprint density at radius 1 is 1.08 bits per heavy atom. The molecule has 0 aromatic heterocycles. The van der Waals surface area contributed by atoms with Crippen molar-refractivity contribution < 1.29 is 14.0 Å². The topological polar surface area (TPSA) is 49.4 Å². The van der Waals surface area contributed by atoms with Crippen molar-refractivity contribution in [2.75, 3.05) is 19.8 Å². The standard InChI is InChI=1S/C18H19FN2O2S/c1-21(2)18(23)14-9-7-13(8-10-14)11-20-17(22)12-24-16-6-4-3-5-15(16)19/h3-10H,11-12H2,1-2H3,(H,20,22). The SMILES string of the molecule is CN(C)C(=O)c1ccc(CNC(=O)CSc2ccccc2F)cc1. The van der Waals surface area contributed by atoms with Crippen molar-refractivity contribution in [1.82, 2.24) is 10.2 Å². The predicted octanol–water partition coefficient (Wildman–Crippen LogP) is 2.94. The maximum Gasteiger partial charge on any atom is 0.253 e. The lowest BCUT2D eigenvalue weighted by atomic mass is 10.1. The van der Waals surface area contributed by atoms with E-state index in [-0.39, 0.29) is 23.4 Å². The molecule has 0 saturated heterocycles. The maximum atomic E-state index is 13.5. The first-order chi connectivity index (χ1) is 11.5. The summed E-state index contributed by atoms with van der Waals surface area (Å²) in [5.74, 6) is -0.405. The van der Waals surface area contributed by atoms with Crippen LogP contribution in [0.3, 0.4) is 0 Å². The van der Waals surface area contributed by atoms with Crippen molar-refractivity contribution in [1.29, 1.82) is 0 Å². The van der Waals surface area contributed by atoms with Crippen molar-refractivity contribution in [3.63, 3.8) is 0 Å². The van der Waals surface area contributed by atoms with E-state index in [4.69, 9.17) is 0 Å². The Kier molecular flexibility index (Phi) is 6.37. The first-order valence-corrected chi connectivity index (χ1v) is 8.40. The van der Waals surface area contributed by atoms with Gasteiger partial charge in [-0.2, -0.15) is 0 Å². The van der Waals surface area contributed by atoms with Gasteiger partial charge in [0.15, 0.2) is 0 Å². The van der Waals surface area contributed by atoms with Gasteiger partial charge in [-0.1, -0.05) is 24.3 Å². The van der Waals surface area contributed by atoms with E-state index in [1.807, 2.05) is 0 Å². The molecule has 2 aromatic rings.